The Balaban J connectivity index is 2.14. The summed E-state index contributed by atoms with van der Waals surface area (Å²) in [6, 6.07) is 1.89. The molecule has 1 aliphatic heterocycles. The zero-order chi connectivity index (χ0) is 13.3. The van der Waals surface area contributed by atoms with Crippen molar-refractivity contribution in [1.29, 1.82) is 0 Å². The Bertz CT molecular complexity index is 446. The van der Waals surface area contributed by atoms with Gasteiger partial charge in [-0.3, -0.25) is 4.79 Å². The highest BCUT2D eigenvalue weighted by Gasteiger charge is 2.35. The molecule has 2 heterocycles. The van der Waals surface area contributed by atoms with E-state index in [9.17, 15) is 9.90 Å². The molecule has 1 amide bonds. The Hall–Kier alpha value is -0.180. The summed E-state index contributed by atoms with van der Waals surface area (Å²) in [5.74, 6) is 0.0176. The SMILES string of the molecule is CC1(C)CN(C(=O)c2csc(I)c2)CC(CO)O1. The minimum absolute atomic E-state index is 0.0176. The third kappa shape index (κ3) is 3.23. The number of morpholine rings is 1. The molecule has 1 aliphatic rings. The molecule has 4 nitrogen and oxygen atoms in total. The summed E-state index contributed by atoms with van der Waals surface area (Å²) in [4.78, 5) is 14.1. The van der Waals surface area contributed by atoms with Crippen LogP contribution in [-0.4, -0.2) is 47.3 Å². The van der Waals surface area contributed by atoms with Crippen molar-refractivity contribution in [2.45, 2.75) is 25.6 Å². The second-order valence-corrected chi connectivity index (χ2v) is 7.81. The fourth-order valence-electron chi connectivity index (χ4n) is 2.15. The van der Waals surface area contributed by atoms with Crippen LogP contribution in [0.5, 0.6) is 0 Å². The minimum Gasteiger partial charge on any atom is -0.394 e. The Labute approximate surface area is 124 Å². The minimum atomic E-state index is -0.412. The number of nitrogens with zero attached hydrogens (tertiary/aromatic N) is 1. The maximum atomic E-state index is 12.4. The van der Waals surface area contributed by atoms with Gasteiger partial charge >= 0.3 is 0 Å². The first-order valence-electron chi connectivity index (χ1n) is 5.73. The molecule has 0 aromatic carbocycles. The largest absolute Gasteiger partial charge is 0.394 e. The number of carbonyl (C=O) groups excluding carboxylic acids is 1. The third-order valence-corrected chi connectivity index (χ3v) is 4.58. The molecule has 0 spiro atoms. The maximum absolute atomic E-state index is 12.4. The smallest absolute Gasteiger partial charge is 0.254 e. The lowest BCUT2D eigenvalue weighted by molar-refractivity contribution is -0.139. The van der Waals surface area contributed by atoms with Crippen molar-refractivity contribution < 1.29 is 14.6 Å². The van der Waals surface area contributed by atoms with E-state index in [1.165, 1.54) is 0 Å². The van der Waals surface area contributed by atoms with Gasteiger partial charge < -0.3 is 14.7 Å². The number of aliphatic hydroxyl groups is 1. The zero-order valence-electron chi connectivity index (χ0n) is 10.4. The van der Waals surface area contributed by atoms with Gasteiger partial charge in [-0.05, 0) is 42.5 Å². The van der Waals surface area contributed by atoms with E-state index in [1.807, 2.05) is 25.3 Å². The number of thiophene rings is 1. The molecule has 0 bridgehead atoms. The van der Waals surface area contributed by atoms with E-state index in [1.54, 1.807) is 16.2 Å². The van der Waals surface area contributed by atoms with Crippen LogP contribution in [0.1, 0.15) is 24.2 Å². The van der Waals surface area contributed by atoms with Gasteiger partial charge in [0.15, 0.2) is 0 Å². The number of amides is 1. The van der Waals surface area contributed by atoms with Gasteiger partial charge in [-0.25, -0.2) is 0 Å². The molecule has 1 atom stereocenters. The van der Waals surface area contributed by atoms with Crippen LogP contribution in [-0.2, 0) is 4.74 Å². The van der Waals surface area contributed by atoms with Crippen LogP contribution in [0.4, 0.5) is 0 Å². The molecular formula is C12H16INO3S. The van der Waals surface area contributed by atoms with E-state index >= 15 is 0 Å². The summed E-state index contributed by atoms with van der Waals surface area (Å²) in [6.07, 6.45) is -0.296. The number of hydrogen-bond acceptors (Lipinski definition) is 4. The van der Waals surface area contributed by atoms with Gasteiger partial charge in [0.2, 0.25) is 0 Å². The molecule has 0 saturated carbocycles. The van der Waals surface area contributed by atoms with Crippen LogP contribution in [0, 0.1) is 2.88 Å². The quantitative estimate of drug-likeness (QED) is 0.797. The maximum Gasteiger partial charge on any atom is 0.254 e. The van der Waals surface area contributed by atoms with Crippen LogP contribution >= 0.6 is 33.9 Å². The number of aliphatic hydroxyl groups excluding tert-OH is 1. The van der Waals surface area contributed by atoms with Gasteiger partial charge in [0, 0.05) is 18.5 Å². The molecule has 1 fully saturated rings. The predicted molar refractivity (Wildman–Crippen MR) is 79.0 cm³/mol. The van der Waals surface area contributed by atoms with E-state index in [0.717, 1.165) is 8.45 Å². The average molecular weight is 381 g/mol. The molecule has 0 aliphatic carbocycles. The molecule has 6 heteroatoms. The fourth-order valence-corrected chi connectivity index (χ4v) is 3.47. The molecular weight excluding hydrogens is 365 g/mol. The van der Waals surface area contributed by atoms with Gasteiger partial charge in [0.1, 0.15) is 0 Å². The van der Waals surface area contributed by atoms with E-state index in [0.29, 0.717) is 13.1 Å². The van der Waals surface area contributed by atoms with Gasteiger partial charge in [-0.2, -0.15) is 0 Å². The normalized spacial score (nSPS) is 23.1. The highest BCUT2D eigenvalue weighted by molar-refractivity contribution is 14.1. The summed E-state index contributed by atoms with van der Waals surface area (Å²) >= 11 is 3.77. The van der Waals surface area contributed by atoms with Crippen LogP contribution in [0.15, 0.2) is 11.4 Å². The second kappa shape index (κ2) is 5.44. The highest BCUT2D eigenvalue weighted by atomic mass is 127. The van der Waals surface area contributed by atoms with Crippen LogP contribution in [0.3, 0.4) is 0 Å². The Morgan fingerprint density at radius 3 is 3.00 bits per heavy atom. The van der Waals surface area contributed by atoms with Gasteiger partial charge in [0.05, 0.1) is 26.8 Å². The Morgan fingerprint density at radius 2 is 2.44 bits per heavy atom. The number of ether oxygens (including phenoxy) is 1. The lowest BCUT2D eigenvalue weighted by Gasteiger charge is -2.42. The Kier molecular flexibility index (Phi) is 4.30. The monoisotopic (exact) mass is 381 g/mol. The standard InChI is InChI=1S/C12H16INO3S/c1-12(2)7-14(4-9(5-15)17-12)11(16)8-3-10(13)18-6-8/h3,6,9,15H,4-5,7H2,1-2H3. The molecule has 100 valence electrons. The second-order valence-electron chi connectivity index (χ2n) is 5.01. The molecule has 1 aromatic heterocycles. The number of rotatable bonds is 2. The lowest BCUT2D eigenvalue weighted by Crippen LogP contribution is -2.55. The van der Waals surface area contributed by atoms with Crippen LogP contribution in [0.2, 0.25) is 0 Å². The summed E-state index contributed by atoms with van der Waals surface area (Å²) < 4.78 is 6.80. The third-order valence-electron chi connectivity index (χ3n) is 2.79. The highest BCUT2D eigenvalue weighted by Crippen LogP contribution is 2.24. The first kappa shape index (κ1) is 14.2. The van der Waals surface area contributed by atoms with Gasteiger partial charge in [0.25, 0.3) is 5.91 Å². The fraction of sp³-hybridized carbons (Fsp3) is 0.583. The van der Waals surface area contributed by atoms with Crippen LogP contribution < -0.4 is 0 Å². The lowest BCUT2D eigenvalue weighted by atomic mass is 10.0. The summed E-state index contributed by atoms with van der Waals surface area (Å²) in [7, 11) is 0. The molecule has 0 radical (unpaired) electrons. The number of hydrogen-bond donors (Lipinski definition) is 1. The summed E-state index contributed by atoms with van der Waals surface area (Å²) in [5.41, 5.74) is 0.309. The van der Waals surface area contributed by atoms with Crippen molar-refractivity contribution in [2.75, 3.05) is 19.7 Å². The van der Waals surface area contributed by atoms with Crippen molar-refractivity contribution in [3.05, 3.63) is 19.9 Å². The summed E-state index contributed by atoms with van der Waals surface area (Å²) in [6.45, 7) is 4.81. The van der Waals surface area contributed by atoms with E-state index in [2.05, 4.69) is 22.6 Å². The topological polar surface area (TPSA) is 49.8 Å². The van der Waals surface area contributed by atoms with E-state index < -0.39 is 5.60 Å². The molecule has 1 unspecified atom stereocenters. The van der Waals surface area contributed by atoms with Crippen molar-refractivity contribution in [1.82, 2.24) is 4.90 Å². The molecule has 18 heavy (non-hydrogen) atoms. The first-order valence-corrected chi connectivity index (χ1v) is 7.69. The van der Waals surface area contributed by atoms with E-state index in [-0.39, 0.29) is 18.6 Å². The van der Waals surface area contributed by atoms with Gasteiger partial charge in [-0.15, -0.1) is 11.3 Å². The van der Waals surface area contributed by atoms with E-state index in [4.69, 9.17) is 4.74 Å². The van der Waals surface area contributed by atoms with Crippen molar-refractivity contribution in [3.63, 3.8) is 0 Å². The number of carbonyl (C=O) groups is 1. The predicted octanol–water partition coefficient (Wildman–Crippen LogP) is 1.96. The summed E-state index contributed by atoms with van der Waals surface area (Å²) in [5, 5.41) is 11.1. The van der Waals surface area contributed by atoms with Crippen LogP contribution in [0.25, 0.3) is 0 Å². The first-order chi connectivity index (χ1) is 8.41. The number of halogens is 1. The van der Waals surface area contributed by atoms with Crippen molar-refractivity contribution in [2.24, 2.45) is 0 Å². The van der Waals surface area contributed by atoms with Gasteiger partial charge in [-0.1, -0.05) is 0 Å². The molecule has 1 saturated heterocycles. The van der Waals surface area contributed by atoms with Crippen molar-refractivity contribution >= 4 is 39.8 Å². The Morgan fingerprint density at radius 1 is 1.72 bits per heavy atom. The molecule has 1 N–H and O–H groups in total. The molecule has 1 aromatic rings. The average Bonchev–Trinajstić information content (AvgIpc) is 2.72. The van der Waals surface area contributed by atoms with Crippen molar-refractivity contribution in [3.8, 4) is 0 Å². The zero-order valence-corrected chi connectivity index (χ0v) is 13.3. The molecule has 2 rings (SSSR count).